The minimum atomic E-state index is 0.494. The van der Waals surface area contributed by atoms with E-state index in [9.17, 15) is 0 Å². The number of halogens is 3. The smallest absolute Gasteiger partial charge is 0.133 e. The lowest BCUT2D eigenvalue weighted by molar-refractivity contribution is 0.885. The Bertz CT molecular complexity index is 751. The van der Waals surface area contributed by atoms with E-state index in [1.165, 1.54) is 0 Å². The highest BCUT2D eigenvalue weighted by Gasteiger charge is 2.12. The van der Waals surface area contributed by atoms with Crippen molar-refractivity contribution in [1.29, 1.82) is 0 Å². The van der Waals surface area contributed by atoms with Crippen molar-refractivity contribution in [3.63, 3.8) is 0 Å². The van der Waals surface area contributed by atoms with Crippen LogP contribution in [0.2, 0.25) is 15.2 Å². The van der Waals surface area contributed by atoms with Gasteiger partial charge in [-0.25, -0.2) is 4.68 Å². The highest BCUT2D eigenvalue weighted by molar-refractivity contribution is 6.36. The predicted octanol–water partition coefficient (Wildman–Crippen LogP) is 5.50. The van der Waals surface area contributed by atoms with Gasteiger partial charge in [0.1, 0.15) is 5.15 Å². The maximum absolute atomic E-state index is 6.25. The van der Waals surface area contributed by atoms with Crippen molar-refractivity contribution in [2.24, 2.45) is 0 Å². The van der Waals surface area contributed by atoms with E-state index in [4.69, 9.17) is 34.8 Å². The van der Waals surface area contributed by atoms with E-state index in [1.54, 1.807) is 22.9 Å². The van der Waals surface area contributed by atoms with Crippen LogP contribution in [0.5, 0.6) is 0 Å². The van der Waals surface area contributed by atoms with Gasteiger partial charge in [0.25, 0.3) is 0 Å². The third kappa shape index (κ3) is 2.55. The molecule has 0 unspecified atom stereocenters. The molecule has 5 heteroatoms. The van der Waals surface area contributed by atoms with Gasteiger partial charge in [-0.1, -0.05) is 65.1 Å². The van der Waals surface area contributed by atoms with Gasteiger partial charge in [-0.2, -0.15) is 5.10 Å². The number of rotatable bonds is 2. The normalized spacial score (nSPS) is 10.8. The van der Waals surface area contributed by atoms with E-state index >= 15 is 0 Å². The van der Waals surface area contributed by atoms with Crippen LogP contribution < -0.4 is 0 Å². The SMILES string of the molecule is Clc1ccc(-n2nc(-c3ccccc3)cc2Cl)c(Cl)c1. The van der Waals surface area contributed by atoms with E-state index in [2.05, 4.69) is 5.10 Å². The zero-order chi connectivity index (χ0) is 14.1. The van der Waals surface area contributed by atoms with Gasteiger partial charge in [0, 0.05) is 16.7 Å². The van der Waals surface area contributed by atoms with Gasteiger partial charge in [-0.15, -0.1) is 0 Å². The molecule has 3 aromatic rings. The molecule has 1 aromatic heterocycles. The highest BCUT2D eigenvalue weighted by Crippen LogP contribution is 2.29. The van der Waals surface area contributed by atoms with Gasteiger partial charge in [-0.05, 0) is 18.2 Å². The molecule has 0 saturated heterocycles. The third-order valence-electron chi connectivity index (χ3n) is 2.87. The molecular weight excluding hydrogens is 315 g/mol. The minimum absolute atomic E-state index is 0.494. The molecule has 0 radical (unpaired) electrons. The topological polar surface area (TPSA) is 17.8 Å². The second kappa shape index (κ2) is 5.49. The van der Waals surface area contributed by atoms with Crippen molar-refractivity contribution in [1.82, 2.24) is 9.78 Å². The Morgan fingerprint density at radius 2 is 1.60 bits per heavy atom. The summed E-state index contributed by atoms with van der Waals surface area (Å²) >= 11 is 18.3. The summed E-state index contributed by atoms with van der Waals surface area (Å²) in [5.74, 6) is 0. The van der Waals surface area contributed by atoms with Crippen LogP contribution in [0.1, 0.15) is 0 Å². The van der Waals surface area contributed by atoms with E-state index in [0.717, 1.165) is 11.3 Å². The molecule has 0 fully saturated rings. The molecule has 20 heavy (non-hydrogen) atoms. The van der Waals surface area contributed by atoms with Crippen LogP contribution in [0.4, 0.5) is 0 Å². The van der Waals surface area contributed by atoms with Gasteiger partial charge in [0.15, 0.2) is 0 Å². The lowest BCUT2D eigenvalue weighted by Gasteiger charge is -2.05. The molecule has 100 valence electrons. The molecule has 3 rings (SSSR count). The van der Waals surface area contributed by atoms with Crippen LogP contribution in [0.25, 0.3) is 16.9 Å². The maximum atomic E-state index is 6.25. The number of hydrogen-bond donors (Lipinski definition) is 0. The van der Waals surface area contributed by atoms with Crippen molar-refractivity contribution < 1.29 is 0 Å². The summed E-state index contributed by atoms with van der Waals surface area (Å²) in [5, 5.41) is 6.07. The maximum Gasteiger partial charge on any atom is 0.133 e. The summed E-state index contributed by atoms with van der Waals surface area (Å²) in [6.45, 7) is 0. The van der Waals surface area contributed by atoms with E-state index in [-0.39, 0.29) is 0 Å². The standard InChI is InChI=1S/C15H9Cl3N2/c16-11-6-7-14(12(17)8-11)20-15(18)9-13(19-20)10-4-2-1-3-5-10/h1-9H. The van der Waals surface area contributed by atoms with Gasteiger partial charge in [0.05, 0.1) is 16.4 Å². The summed E-state index contributed by atoms with van der Waals surface area (Å²) in [6, 6.07) is 16.8. The van der Waals surface area contributed by atoms with Crippen molar-refractivity contribution in [2.75, 3.05) is 0 Å². The summed E-state index contributed by atoms with van der Waals surface area (Å²) in [4.78, 5) is 0. The molecule has 0 aliphatic rings. The highest BCUT2D eigenvalue weighted by atomic mass is 35.5. The third-order valence-corrected chi connectivity index (χ3v) is 3.68. The second-order valence-electron chi connectivity index (χ2n) is 4.23. The Morgan fingerprint density at radius 3 is 2.30 bits per heavy atom. The fraction of sp³-hybridized carbons (Fsp3) is 0. The molecule has 0 N–H and O–H groups in total. The average molecular weight is 324 g/mol. The van der Waals surface area contributed by atoms with Crippen LogP contribution in [-0.4, -0.2) is 9.78 Å². The summed E-state index contributed by atoms with van der Waals surface area (Å²) in [7, 11) is 0. The van der Waals surface area contributed by atoms with Crippen LogP contribution in [-0.2, 0) is 0 Å². The van der Waals surface area contributed by atoms with E-state index in [0.29, 0.717) is 20.9 Å². The van der Waals surface area contributed by atoms with Crippen molar-refractivity contribution >= 4 is 34.8 Å². The lowest BCUT2D eigenvalue weighted by atomic mass is 10.2. The largest absolute Gasteiger partial charge is 0.220 e. The van der Waals surface area contributed by atoms with Crippen molar-refractivity contribution in [3.05, 3.63) is 69.8 Å². The molecule has 0 aliphatic carbocycles. The second-order valence-corrected chi connectivity index (χ2v) is 5.46. The molecule has 0 aliphatic heterocycles. The Labute approximate surface area is 131 Å². The quantitative estimate of drug-likeness (QED) is 0.609. The Morgan fingerprint density at radius 1 is 0.850 bits per heavy atom. The molecule has 0 bridgehead atoms. The van der Waals surface area contributed by atoms with Gasteiger partial charge in [0.2, 0.25) is 0 Å². The number of aromatic nitrogens is 2. The van der Waals surface area contributed by atoms with Crippen molar-refractivity contribution in [2.45, 2.75) is 0 Å². The van der Waals surface area contributed by atoms with Crippen LogP contribution >= 0.6 is 34.8 Å². The Kier molecular flexibility index (Phi) is 3.70. The Hall–Kier alpha value is -1.48. The molecular formula is C15H9Cl3N2. The first-order chi connectivity index (χ1) is 9.65. The summed E-state index contributed by atoms with van der Waals surface area (Å²) < 4.78 is 1.60. The average Bonchev–Trinajstić information content (AvgIpc) is 2.82. The van der Waals surface area contributed by atoms with Gasteiger partial charge >= 0.3 is 0 Å². The molecule has 0 spiro atoms. The first-order valence-electron chi connectivity index (χ1n) is 5.91. The van der Waals surface area contributed by atoms with E-state index < -0.39 is 0 Å². The molecule has 0 amide bonds. The fourth-order valence-corrected chi connectivity index (χ4v) is 2.65. The number of nitrogens with zero attached hydrogens (tertiary/aromatic N) is 2. The summed E-state index contributed by atoms with van der Waals surface area (Å²) in [5.41, 5.74) is 2.49. The van der Waals surface area contributed by atoms with Crippen LogP contribution in [0, 0.1) is 0 Å². The van der Waals surface area contributed by atoms with Crippen molar-refractivity contribution in [3.8, 4) is 16.9 Å². The van der Waals surface area contributed by atoms with E-state index in [1.807, 2.05) is 36.4 Å². The van der Waals surface area contributed by atoms with Crippen LogP contribution in [0.3, 0.4) is 0 Å². The Balaban J connectivity index is 2.10. The summed E-state index contributed by atoms with van der Waals surface area (Å²) in [6.07, 6.45) is 0. The predicted molar refractivity (Wildman–Crippen MR) is 84.0 cm³/mol. The monoisotopic (exact) mass is 322 g/mol. The first kappa shape index (κ1) is 13.5. The molecule has 0 saturated carbocycles. The lowest BCUT2D eigenvalue weighted by Crippen LogP contribution is -1.97. The van der Waals surface area contributed by atoms with Gasteiger partial charge < -0.3 is 0 Å². The molecule has 1 heterocycles. The number of hydrogen-bond acceptors (Lipinski definition) is 1. The zero-order valence-corrected chi connectivity index (χ0v) is 12.5. The molecule has 2 nitrogen and oxygen atoms in total. The fourth-order valence-electron chi connectivity index (χ4n) is 1.93. The minimum Gasteiger partial charge on any atom is -0.220 e. The molecule has 2 aromatic carbocycles. The first-order valence-corrected chi connectivity index (χ1v) is 7.05. The van der Waals surface area contributed by atoms with Crippen LogP contribution in [0.15, 0.2) is 54.6 Å². The molecule has 0 atom stereocenters. The van der Waals surface area contributed by atoms with Gasteiger partial charge in [-0.3, -0.25) is 0 Å². The number of benzene rings is 2. The zero-order valence-electron chi connectivity index (χ0n) is 10.2.